The molecular weight excluding hydrogens is 328 g/mol. The van der Waals surface area contributed by atoms with Crippen molar-refractivity contribution in [2.24, 2.45) is 0 Å². The number of hydrogen-bond donors (Lipinski definition) is 1. The third-order valence-corrected chi connectivity index (χ3v) is 5.12. The standard InChI is InChI=1S/C20H26N4O2/c1-15-13-18(22-26-15)14-23-9-11-24(12-10-23)19(16-5-3-2-4-6-16)20(25)21-17-7-8-17/h2-6,13,17,19H,7-12,14H2,1H3,(H,21,25)/t19-/m1/s1. The van der Waals surface area contributed by atoms with Crippen molar-refractivity contribution in [3.05, 3.63) is 53.4 Å². The van der Waals surface area contributed by atoms with Crippen LogP contribution in [0.1, 0.15) is 35.9 Å². The molecule has 0 unspecified atom stereocenters. The first-order valence-electron chi connectivity index (χ1n) is 9.43. The molecule has 0 bridgehead atoms. The van der Waals surface area contributed by atoms with Crippen LogP contribution >= 0.6 is 0 Å². The first kappa shape index (κ1) is 17.2. The molecule has 2 heterocycles. The maximum absolute atomic E-state index is 12.9. The summed E-state index contributed by atoms with van der Waals surface area (Å²) in [5.41, 5.74) is 2.05. The van der Waals surface area contributed by atoms with Crippen molar-refractivity contribution in [1.29, 1.82) is 0 Å². The monoisotopic (exact) mass is 354 g/mol. The van der Waals surface area contributed by atoms with Crippen LogP contribution in [0.15, 0.2) is 40.9 Å². The Morgan fingerprint density at radius 2 is 1.96 bits per heavy atom. The molecule has 1 atom stereocenters. The van der Waals surface area contributed by atoms with E-state index in [0.717, 1.165) is 62.6 Å². The summed E-state index contributed by atoms with van der Waals surface area (Å²) in [4.78, 5) is 17.6. The Morgan fingerprint density at radius 1 is 1.23 bits per heavy atom. The molecule has 0 spiro atoms. The molecule has 1 N–H and O–H groups in total. The van der Waals surface area contributed by atoms with Gasteiger partial charge in [0.1, 0.15) is 11.8 Å². The van der Waals surface area contributed by atoms with Crippen molar-refractivity contribution in [2.45, 2.75) is 38.4 Å². The average molecular weight is 354 g/mol. The second-order valence-corrected chi connectivity index (χ2v) is 7.34. The molecule has 1 aliphatic carbocycles. The summed E-state index contributed by atoms with van der Waals surface area (Å²) in [6.45, 7) is 6.30. The van der Waals surface area contributed by atoms with Gasteiger partial charge in [-0.15, -0.1) is 0 Å². The van der Waals surface area contributed by atoms with E-state index in [4.69, 9.17) is 4.52 Å². The molecule has 1 aromatic heterocycles. The number of aromatic nitrogens is 1. The van der Waals surface area contributed by atoms with Crippen LogP contribution in [0, 0.1) is 6.92 Å². The topological polar surface area (TPSA) is 61.6 Å². The van der Waals surface area contributed by atoms with Gasteiger partial charge in [-0.1, -0.05) is 35.5 Å². The second kappa shape index (κ2) is 7.60. The van der Waals surface area contributed by atoms with Crippen molar-refractivity contribution in [1.82, 2.24) is 20.3 Å². The minimum atomic E-state index is -0.201. The number of nitrogens with zero attached hydrogens (tertiary/aromatic N) is 3. The molecule has 1 aliphatic heterocycles. The molecule has 1 amide bonds. The van der Waals surface area contributed by atoms with Gasteiger partial charge in [-0.25, -0.2) is 0 Å². The second-order valence-electron chi connectivity index (χ2n) is 7.34. The molecular formula is C20H26N4O2. The lowest BCUT2D eigenvalue weighted by molar-refractivity contribution is -0.127. The number of carbonyl (C=O) groups is 1. The lowest BCUT2D eigenvalue weighted by Gasteiger charge is -2.38. The molecule has 4 rings (SSSR count). The van der Waals surface area contributed by atoms with Gasteiger partial charge in [0.2, 0.25) is 5.91 Å². The van der Waals surface area contributed by atoms with E-state index in [9.17, 15) is 4.79 Å². The summed E-state index contributed by atoms with van der Waals surface area (Å²) < 4.78 is 5.16. The van der Waals surface area contributed by atoms with Crippen molar-refractivity contribution >= 4 is 5.91 Å². The zero-order valence-corrected chi connectivity index (χ0v) is 15.2. The Bertz CT molecular complexity index is 733. The first-order chi connectivity index (χ1) is 12.7. The number of nitrogens with one attached hydrogen (secondary N) is 1. The van der Waals surface area contributed by atoms with Gasteiger partial charge in [0.25, 0.3) is 0 Å². The number of carbonyl (C=O) groups excluding carboxylic acids is 1. The Morgan fingerprint density at radius 3 is 2.58 bits per heavy atom. The number of benzene rings is 1. The Kier molecular flexibility index (Phi) is 5.04. The molecule has 2 fully saturated rings. The van der Waals surface area contributed by atoms with E-state index in [2.05, 4.69) is 32.4 Å². The lowest BCUT2D eigenvalue weighted by atomic mass is 10.0. The molecule has 138 valence electrons. The zero-order valence-electron chi connectivity index (χ0n) is 15.2. The summed E-state index contributed by atoms with van der Waals surface area (Å²) in [7, 11) is 0. The van der Waals surface area contributed by atoms with Crippen molar-refractivity contribution in [3.8, 4) is 0 Å². The predicted octanol–water partition coefficient (Wildman–Crippen LogP) is 2.12. The highest BCUT2D eigenvalue weighted by Gasteiger charge is 2.33. The van der Waals surface area contributed by atoms with E-state index in [-0.39, 0.29) is 11.9 Å². The number of aryl methyl sites for hydroxylation is 1. The highest BCUT2D eigenvalue weighted by molar-refractivity contribution is 5.83. The molecule has 2 aromatic rings. The van der Waals surface area contributed by atoms with Gasteiger partial charge in [0.15, 0.2) is 0 Å². The van der Waals surface area contributed by atoms with Crippen molar-refractivity contribution in [3.63, 3.8) is 0 Å². The molecule has 6 heteroatoms. The summed E-state index contributed by atoms with van der Waals surface area (Å²) in [6.07, 6.45) is 2.22. The minimum Gasteiger partial charge on any atom is -0.361 e. The largest absolute Gasteiger partial charge is 0.361 e. The highest BCUT2D eigenvalue weighted by Crippen LogP contribution is 2.26. The maximum Gasteiger partial charge on any atom is 0.242 e. The number of rotatable bonds is 6. The van der Waals surface area contributed by atoms with E-state index in [1.807, 2.05) is 31.2 Å². The van der Waals surface area contributed by atoms with E-state index in [1.54, 1.807) is 0 Å². The number of amides is 1. The van der Waals surface area contributed by atoms with Crippen LogP contribution in [0.2, 0.25) is 0 Å². The Hall–Kier alpha value is -2.18. The molecule has 1 saturated carbocycles. The van der Waals surface area contributed by atoms with E-state index >= 15 is 0 Å². The smallest absolute Gasteiger partial charge is 0.242 e. The van der Waals surface area contributed by atoms with Crippen molar-refractivity contribution < 1.29 is 9.32 Å². The highest BCUT2D eigenvalue weighted by atomic mass is 16.5. The lowest BCUT2D eigenvalue weighted by Crippen LogP contribution is -2.51. The number of piperazine rings is 1. The molecule has 0 radical (unpaired) electrons. The fraction of sp³-hybridized carbons (Fsp3) is 0.500. The molecule has 6 nitrogen and oxygen atoms in total. The maximum atomic E-state index is 12.9. The first-order valence-corrected chi connectivity index (χ1v) is 9.43. The third-order valence-electron chi connectivity index (χ3n) is 5.12. The summed E-state index contributed by atoms with van der Waals surface area (Å²) in [5.74, 6) is 0.985. The summed E-state index contributed by atoms with van der Waals surface area (Å²) >= 11 is 0. The fourth-order valence-electron chi connectivity index (χ4n) is 3.57. The Balaban J connectivity index is 1.41. The summed E-state index contributed by atoms with van der Waals surface area (Å²) in [6, 6.07) is 12.3. The Labute approximate surface area is 154 Å². The van der Waals surface area contributed by atoms with E-state index in [0.29, 0.717) is 6.04 Å². The molecule has 1 aromatic carbocycles. The normalized spacial score (nSPS) is 20.0. The minimum absolute atomic E-state index is 0.138. The predicted molar refractivity (Wildman–Crippen MR) is 98.4 cm³/mol. The quantitative estimate of drug-likeness (QED) is 0.861. The molecule has 1 saturated heterocycles. The number of hydrogen-bond acceptors (Lipinski definition) is 5. The van der Waals surface area contributed by atoms with Crippen LogP contribution < -0.4 is 5.32 Å². The van der Waals surface area contributed by atoms with Crippen LogP contribution in [0.25, 0.3) is 0 Å². The van der Waals surface area contributed by atoms with E-state index in [1.165, 1.54) is 0 Å². The zero-order chi connectivity index (χ0) is 17.9. The van der Waals surface area contributed by atoms with E-state index < -0.39 is 0 Å². The van der Waals surface area contributed by atoms with Crippen LogP contribution in [0.3, 0.4) is 0 Å². The van der Waals surface area contributed by atoms with Gasteiger partial charge in [-0.2, -0.15) is 0 Å². The van der Waals surface area contributed by atoms with Gasteiger partial charge in [-0.3, -0.25) is 14.6 Å². The average Bonchev–Trinajstić information content (AvgIpc) is 3.37. The molecule has 2 aliphatic rings. The van der Waals surface area contributed by atoms with Crippen LogP contribution in [-0.2, 0) is 11.3 Å². The third kappa shape index (κ3) is 4.14. The van der Waals surface area contributed by atoms with Gasteiger partial charge < -0.3 is 9.84 Å². The fourth-order valence-corrected chi connectivity index (χ4v) is 3.57. The SMILES string of the molecule is Cc1cc(CN2CCN([C@@H](C(=O)NC3CC3)c3ccccc3)CC2)no1. The van der Waals surface area contributed by atoms with Crippen molar-refractivity contribution in [2.75, 3.05) is 26.2 Å². The summed E-state index contributed by atoms with van der Waals surface area (Å²) in [5, 5.41) is 7.27. The molecule has 26 heavy (non-hydrogen) atoms. The van der Waals surface area contributed by atoms with Crippen LogP contribution in [0.5, 0.6) is 0 Å². The van der Waals surface area contributed by atoms with Crippen LogP contribution in [0.4, 0.5) is 0 Å². The van der Waals surface area contributed by atoms with Gasteiger partial charge in [0, 0.05) is 44.8 Å². The van der Waals surface area contributed by atoms with Gasteiger partial charge >= 0.3 is 0 Å². The van der Waals surface area contributed by atoms with Gasteiger partial charge in [-0.05, 0) is 25.3 Å². The van der Waals surface area contributed by atoms with Gasteiger partial charge in [0.05, 0.1) is 5.69 Å². The van der Waals surface area contributed by atoms with Crippen LogP contribution in [-0.4, -0.2) is 53.1 Å².